The number of methoxy groups -OCH3 is 1. The van der Waals surface area contributed by atoms with Crippen LogP contribution in [0.2, 0.25) is 0 Å². The molecule has 0 saturated carbocycles. The number of sulfone groups is 1. The highest BCUT2D eigenvalue weighted by Crippen LogP contribution is 2.23. The van der Waals surface area contributed by atoms with E-state index in [9.17, 15) is 13.2 Å². The van der Waals surface area contributed by atoms with Crippen LogP contribution in [0.4, 0.5) is 0 Å². The summed E-state index contributed by atoms with van der Waals surface area (Å²) in [5.41, 5.74) is 1.43. The molecule has 1 atom stereocenters. The molecule has 1 fully saturated rings. The largest absolute Gasteiger partial charge is 0.497 e. The van der Waals surface area contributed by atoms with Crippen molar-refractivity contribution in [1.82, 2.24) is 10.5 Å². The Labute approximate surface area is 139 Å². The summed E-state index contributed by atoms with van der Waals surface area (Å²) in [6, 6.07) is 9.09. The molecule has 1 saturated heterocycles. The molecule has 1 N–H and O–H groups in total. The van der Waals surface area contributed by atoms with Gasteiger partial charge in [-0.05, 0) is 30.7 Å². The fourth-order valence-corrected chi connectivity index (χ4v) is 4.35. The molecule has 0 unspecified atom stereocenters. The average Bonchev–Trinajstić information content (AvgIpc) is 3.19. The summed E-state index contributed by atoms with van der Waals surface area (Å²) < 4.78 is 33.2. The molecule has 2 heterocycles. The number of hydrogen-bond acceptors (Lipinski definition) is 6. The lowest BCUT2D eigenvalue weighted by atomic mass is 10.1. The maximum Gasteiger partial charge on any atom is 0.224 e. The van der Waals surface area contributed by atoms with Gasteiger partial charge in [0.15, 0.2) is 15.6 Å². The van der Waals surface area contributed by atoms with Crippen molar-refractivity contribution in [2.45, 2.75) is 13.0 Å². The van der Waals surface area contributed by atoms with Crippen LogP contribution in [0, 0.1) is 5.92 Å². The number of carbonyl (C=O) groups excluding carboxylic acids is 1. The maximum absolute atomic E-state index is 12.0. The third kappa shape index (κ3) is 3.76. The van der Waals surface area contributed by atoms with Gasteiger partial charge in [-0.25, -0.2) is 8.42 Å². The van der Waals surface area contributed by atoms with Crippen LogP contribution in [0.25, 0.3) is 11.3 Å². The van der Waals surface area contributed by atoms with Gasteiger partial charge in [0.05, 0.1) is 31.1 Å². The predicted octanol–water partition coefficient (Wildman–Crippen LogP) is 1.40. The van der Waals surface area contributed by atoms with Gasteiger partial charge in [0, 0.05) is 11.6 Å². The van der Waals surface area contributed by atoms with Crippen LogP contribution < -0.4 is 10.1 Å². The lowest BCUT2D eigenvalue weighted by Crippen LogP contribution is -2.31. The summed E-state index contributed by atoms with van der Waals surface area (Å²) in [5.74, 6) is 0.612. The second kappa shape index (κ2) is 6.64. The Kier molecular flexibility index (Phi) is 4.57. The molecule has 0 radical (unpaired) electrons. The number of rotatable bonds is 5. The monoisotopic (exact) mass is 350 g/mol. The smallest absolute Gasteiger partial charge is 0.224 e. The van der Waals surface area contributed by atoms with Crippen molar-refractivity contribution in [2.75, 3.05) is 18.6 Å². The second-order valence-electron chi connectivity index (χ2n) is 5.73. The number of hydrogen-bond donors (Lipinski definition) is 1. The minimum absolute atomic E-state index is 0.0747. The summed E-state index contributed by atoms with van der Waals surface area (Å²) in [4.78, 5) is 12.0. The van der Waals surface area contributed by atoms with Crippen molar-refractivity contribution in [3.63, 3.8) is 0 Å². The Hall–Kier alpha value is -2.35. The molecular weight excluding hydrogens is 332 g/mol. The number of carbonyl (C=O) groups is 1. The number of nitrogens with zero attached hydrogens (tertiary/aromatic N) is 1. The molecular formula is C16H18N2O5S. The molecule has 1 amide bonds. The summed E-state index contributed by atoms with van der Waals surface area (Å²) in [7, 11) is -1.47. The highest BCUT2D eigenvalue weighted by atomic mass is 32.2. The van der Waals surface area contributed by atoms with E-state index >= 15 is 0 Å². The van der Waals surface area contributed by atoms with Gasteiger partial charge in [-0.2, -0.15) is 0 Å². The van der Waals surface area contributed by atoms with Gasteiger partial charge in [-0.15, -0.1) is 0 Å². The Morgan fingerprint density at radius 1 is 1.38 bits per heavy atom. The molecule has 0 aliphatic carbocycles. The van der Waals surface area contributed by atoms with Crippen LogP contribution in [-0.4, -0.2) is 38.1 Å². The molecule has 24 heavy (non-hydrogen) atoms. The fraction of sp³-hybridized carbons (Fsp3) is 0.375. The third-order valence-corrected chi connectivity index (χ3v) is 5.75. The number of ether oxygens (including phenoxy) is 1. The van der Waals surface area contributed by atoms with Gasteiger partial charge in [-0.3, -0.25) is 4.79 Å². The SMILES string of the molecule is COc1ccc(-c2cc(CNC(=O)[C@H]3CCS(=O)(=O)C3)no2)cc1. The lowest BCUT2D eigenvalue weighted by molar-refractivity contribution is -0.124. The van der Waals surface area contributed by atoms with E-state index in [2.05, 4.69) is 10.5 Å². The topological polar surface area (TPSA) is 98.5 Å². The quantitative estimate of drug-likeness (QED) is 0.875. The first kappa shape index (κ1) is 16.5. The highest BCUT2D eigenvalue weighted by molar-refractivity contribution is 7.91. The molecule has 1 aliphatic heterocycles. The van der Waals surface area contributed by atoms with Gasteiger partial charge < -0.3 is 14.6 Å². The van der Waals surface area contributed by atoms with Crippen molar-refractivity contribution in [3.8, 4) is 17.1 Å². The van der Waals surface area contributed by atoms with E-state index in [0.717, 1.165) is 11.3 Å². The van der Waals surface area contributed by atoms with E-state index in [4.69, 9.17) is 9.26 Å². The van der Waals surface area contributed by atoms with Crippen LogP contribution in [0.5, 0.6) is 5.75 Å². The number of aromatic nitrogens is 1. The molecule has 1 aromatic heterocycles. The molecule has 0 spiro atoms. The molecule has 3 rings (SSSR count). The summed E-state index contributed by atoms with van der Waals surface area (Å²) in [6.45, 7) is 0.203. The van der Waals surface area contributed by atoms with E-state index in [1.165, 1.54) is 0 Å². The van der Waals surface area contributed by atoms with Gasteiger partial charge in [0.25, 0.3) is 0 Å². The molecule has 1 aromatic carbocycles. The minimum atomic E-state index is -3.07. The van der Waals surface area contributed by atoms with Crippen LogP contribution in [0.1, 0.15) is 12.1 Å². The molecule has 8 heteroatoms. The Bertz CT molecular complexity index is 826. The molecule has 128 valence electrons. The zero-order valence-electron chi connectivity index (χ0n) is 13.2. The van der Waals surface area contributed by atoms with Gasteiger partial charge in [-0.1, -0.05) is 5.16 Å². The number of nitrogens with one attached hydrogen (secondary N) is 1. The molecule has 1 aliphatic rings. The van der Waals surface area contributed by atoms with Crippen LogP contribution in [0.15, 0.2) is 34.9 Å². The first-order chi connectivity index (χ1) is 11.5. The Morgan fingerprint density at radius 3 is 2.75 bits per heavy atom. The zero-order chi connectivity index (χ0) is 17.2. The zero-order valence-corrected chi connectivity index (χ0v) is 14.0. The molecule has 7 nitrogen and oxygen atoms in total. The number of benzene rings is 1. The highest BCUT2D eigenvalue weighted by Gasteiger charge is 2.32. The number of amides is 1. The van der Waals surface area contributed by atoms with Gasteiger partial charge in [0.1, 0.15) is 11.4 Å². The van der Waals surface area contributed by atoms with E-state index < -0.39 is 15.8 Å². The van der Waals surface area contributed by atoms with Crippen molar-refractivity contribution < 1.29 is 22.5 Å². The first-order valence-electron chi connectivity index (χ1n) is 7.55. The summed E-state index contributed by atoms with van der Waals surface area (Å²) >= 11 is 0. The van der Waals surface area contributed by atoms with Crippen molar-refractivity contribution in [3.05, 3.63) is 36.0 Å². The van der Waals surface area contributed by atoms with E-state index in [-0.39, 0.29) is 24.0 Å². The van der Waals surface area contributed by atoms with Crippen molar-refractivity contribution in [2.24, 2.45) is 5.92 Å². The van der Waals surface area contributed by atoms with E-state index in [1.54, 1.807) is 13.2 Å². The fourth-order valence-electron chi connectivity index (χ4n) is 2.61. The van der Waals surface area contributed by atoms with Crippen LogP contribution in [-0.2, 0) is 21.2 Å². The molecule has 2 aromatic rings. The predicted molar refractivity (Wildman–Crippen MR) is 87.1 cm³/mol. The standard InChI is InChI=1S/C16H18N2O5S/c1-22-14-4-2-11(3-5-14)15-8-13(18-23-15)9-17-16(19)12-6-7-24(20,21)10-12/h2-5,8,12H,6-7,9-10H2,1H3,(H,17,19)/t12-/m0/s1. The first-order valence-corrected chi connectivity index (χ1v) is 9.37. The van der Waals surface area contributed by atoms with E-state index in [0.29, 0.717) is 17.9 Å². The lowest BCUT2D eigenvalue weighted by Gasteiger charge is -2.07. The maximum atomic E-state index is 12.0. The Morgan fingerprint density at radius 2 is 2.12 bits per heavy atom. The second-order valence-corrected chi connectivity index (χ2v) is 7.96. The minimum Gasteiger partial charge on any atom is -0.497 e. The third-order valence-electron chi connectivity index (χ3n) is 3.98. The van der Waals surface area contributed by atoms with E-state index in [1.807, 2.05) is 24.3 Å². The van der Waals surface area contributed by atoms with Crippen LogP contribution >= 0.6 is 0 Å². The van der Waals surface area contributed by atoms with Gasteiger partial charge >= 0.3 is 0 Å². The molecule has 0 bridgehead atoms. The summed E-state index contributed by atoms with van der Waals surface area (Å²) in [6.07, 6.45) is 0.379. The average molecular weight is 350 g/mol. The Balaban J connectivity index is 1.59. The summed E-state index contributed by atoms with van der Waals surface area (Å²) in [5, 5.41) is 6.64. The van der Waals surface area contributed by atoms with Crippen LogP contribution in [0.3, 0.4) is 0 Å². The van der Waals surface area contributed by atoms with Crippen molar-refractivity contribution in [1.29, 1.82) is 0 Å². The van der Waals surface area contributed by atoms with Gasteiger partial charge in [0.2, 0.25) is 5.91 Å². The van der Waals surface area contributed by atoms with Crippen molar-refractivity contribution >= 4 is 15.7 Å². The normalized spacial score (nSPS) is 19.1.